The van der Waals surface area contributed by atoms with Gasteiger partial charge in [-0.2, -0.15) is 4.31 Å². The number of nitrogens with zero attached hydrogens (tertiary/aromatic N) is 5. The molecule has 3 aromatic rings. The van der Waals surface area contributed by atoms with E-state index in [0.29, 0.717) is 23.1 Å². The van der Waals surface area contributed by atoms with Gasteiger partial charge in [0.1, 0.15) is 23.8 Å². The van der Waals surface area contributed by atoms with Gasteiger partial charge in [0.25, 0.3) is 0 Å². The molecule has 152 valence electrons. The smallest absolute Gasteiger partial charge is 0.239 e. The van der Waals surface area contributed by atoms with Crippen LogP contribution in [0.15, 0.2) is 49.1 Å². The molecule has 0 aliphatic carbocycles. The van der Waals surface area contributed by atoms with Gasteiger partial charge in [-0.3, -0.25) is 9.36 Å². The number of carbonyl (C=O) groups is 1. The van der Waals surface area contributed by atoms with Crippen LogP contribution in [0.4, 0.5) is 17.2 Å². The number of imidazole rings is 1. The minimum atomic E-state index is -3.41. The third kappa shape index (κ3) is 5.59. The zero-order chi connectivity index (χ0) is 21.0. The summed E-state index contributed by atoms with van der Waals surface area (Å²) in [4.78, 5) is 24.8. The third-order valence-electron chi connectivity index (χ3n) is 3.97. The number of rotatable bonds is 7. The van der Waals surface area contributed by atoms with Gasteiger partial charge in [-0.1, -0.05) is 0 Å². The van der Waals surface area contributed by atoms with Crippen molar-refractivity contribution in [2.24, 2.45) is 0 Å². The van der Waals surface area contributed by atoms with Crippen LogP contribution in [0.1, 0.15) is 5.82 Å². The van der Waals surface area contributed by atoms with Gasteiger partial charge >= 0.3 is 0 Å². The molecule has 0 unspecified atom stereocenters. The van der Waals surface area contributed by atoms with Crippen LogP contribution in [0.3, 0.4) is 0 Å². The van der Waals surface area contributed by atoms with Gasteiger partial charge < -0.3 is 10.6 Å². The van der Waals surface area contributed by atoms with E-state index >= 15 is 0 Å². The molecule has 0 spiro atoms. The molecule has 0 radical (unpaired) electrons. The Morgan fingerprint density at radius 3 is 2.48 bits per heavy atom. The summed E-state index contributed by atoms with van der Waals surface area (Å²) in [7, 11) is -2.06. The van der Waals surface area contributed by atoms with Crippen molar-refractivity contribution < 1.29 is 13.2 Å². The molecule has 11 heteroatoms. The van der Waals surface area contributed by atoms with E-state index in [1.165, 1.54) is 7.05 Å². The first-order valence-electron chi connectivity index (χ1n) is 8.63. The van der Waals surface area contributed by atoms with Crippen molar-refractivity contribution in [1.82, 2.24) is 23.8 Å². The van der Waals surface area contributed by atoms with Crippen molar-refractivity contribution in [1.29, 1.82) is 0 Å². The molecule has 0 aliphatic rings. The average Bonchev–Trinajstić information content (AvgIpc) is 3.17. The molecule has 29 heavy (non-hydrogen) atoms. The Labute approximate surface area is 168 Å². The molecule has 0 fully saturated rings. The molecular weight excluding hydrogens is 394 g/mol. The Kier molecular flexibility index (Phi) is 5.89. The van der Waals surface area contributed by atoms with Crippen molar-refractivity contribution in [3.63, 3.8) is 0 Å². The second-order valence-corrected chi connectivity index (χ2v) is 8.49. The number of carbonyl (C=O) groups excluding carboxylic acids is 1. The van der Waals surface area contributed by atoms with E-state index in [2.05, 4.69) is 25.6 Å². The number of aryl methyl sites for hydroxylation is 1. The average molecular weight is 415 g/mol. The zero-order valence-corrected chi connectivity index (χ0v) is 17.0. The minimum Gasteiger partial charge on any atom is -0.340 e. The Morgan fingerprint density at radius 2 is 1.86 bits per heavy atom. The van der Waals surface area contributed by atoms with E-state index in [1.807, 2.05) is 0 Å². The molecule has 1 aromatic carbocycles. The van der Waals surface area contributed by atoms with E-state index in [-0.39, 0.29) is 6.54 Å². The molecule has 2 heterocycles. The number of hydrogen-bond donors (Lipinski definition) is 2. The summed E-state index contributed by atoms with van der Waals surface area (Å²) in [5, 5.41) is 5.86. The van der Waals surface area contributed by atoms with Crippen molar-refractivity contribution in [3.8, 4) is 5.82 Å². The van der Waals surface area contributed by atoms with E-state index in [1.54, 1.807) is 60.5 Å². The maximum atomic E-state index is 12.0. The van der Waals surface area contributed by atoms with E-state index in [0.717, 1.165) is 16.2 Å². The van der Waals surface area contributed by atoms with Crippen molar-refractivity contribution in [2.45, 2.75) is 6.92 Å². The van der Waals surface area contributed by atoms with E-state index in [9.17, 15) is 13.2 Å². The number of likely N-dealkylation sites (N-methyl/N-ethyl adjacent to an activating group) is 1. The largest absolute Gasteiger partial charge is 0.340 e. The van der Waals surface area contributed by atoms with Gasteiger partial charge in [0.2, 0.25) is 15.9 Å². The maximum Gasteiger partial charge on any atom is 0.239 e. The SMILES string of the molecule is Cc1nc(Nc2ccc(NC(=O)CN(C)S(C)(=O)=O)cc2)cc(-n2ccnc2)n1. The van der Waals surface area contributed by atoms with E-state index in [4.69, 9.17) is 0 Å². The first-order chi connectivity index (χ1) is 13.7. The molecule has 2 aromatic heterocycles. The topological polar surface area (TPSA) is 122 Å². The van der Waals surface area contributed by atoms with Crippen LogP contribution in [-0.2, 0) is 14.8 Å². The molecule has 0 aliphatic heterocycles. The lowest BCUT2D eigenvalue weighted by Gasteiger charge is -2.14. The number of aromatic nitrogens is 4. The highest BCUT2D eigenvalue weighted by Crippen LogP contribution is 2.19. The van der Waals surface area contributed by atoms with Crippen LogP contribution >= 0.6 is 0 Å². The highest BCUT2D eigenvalue weighted by Gasteiger charge is 2.15. The van der Waals surface area contributed by atoms with E-state index < -0.39 is 15.9 Å². The lowest BCUT2D eigenvalue weighted by molar-refractivity contribution is -0.116. The minimum absolute atomic E-state index is 0.254. The second-order valence-electron chi connectivity index (χ2n) is 6.40. The normalized spacial score (nSPS) is 11.4. The van der Waals surface area contributed by atoms with Crippen LogP contribution in [0.5, 0.6) is 0 Å². The predicted octanol–water partition coefficient (Wildman–Crippen LogP) is 1.54. The van der Waals surface area contributed by atoms with Crippen molar-refractivity contribution in [2.75, 3.05) is 30.5 Å². The third-order valence-corrected chi connectivity index (χ3v) is 5.23. The number of hydrogen-bond acceptors (Lipinski definition) is 7. The molecule has 0 saturated carbocycles. The van der Waals surface area contributed by atoms with Gasteiger partial charge in [-0.05, 0) is 31.2 Å². The Morgan fingerprint density at radius 1 is 1.17 bits per heavy atom. The van der Waals surface area contributed by atoms with Crippen LogP contribution in [-0.4, -0.2) is 58.0 Å². The number of benzene rings is 1. The van der Waals surface area contributed by atoms with Gasteiger partial charge in [-0.15, -0.1) is 0 Å². The molecule has 3 rings (SSSR count). The molecule has 2 N–H and O–H groups in total. The second kappa shape index (κ2) is 8.37. The zero-order valence-electron chi connectivity index (χ0n) is 16.2. The van der Waals surface area contributed by atoms with Gasteiger partial charge in [0.05, 0.1) is 12.8 Å². The lowest BCUT2D eigenvalue weighted by Crippen LogP contribution is -2.34. The molecule has 10 nitrogen and oxygen atoms in total. The fourth-order valence-electron chi connectivity index (χ4n) is 2.45. The number of amides is 1. The molecule has 0 bridgehead atoms. The summed E-state index contributed by atoms with van der Waals surface area (Å²) < 4.78 is 25.5. The molecule has 0 atom stereocenters. The van der Waals surface area contributed by atoms with Gasteiger partial charge in [-0.25, -0.2) is 23.4 Å². The maximum absolute atomic E-state index is 12.0. The first kappa shape index (κ1) is 20.4. The quantitative estimate of drug-likeness (QED) is 0.600. The Bertz CT molecular complexity index is 1100. The van der Waals surface area contributed by atoms with Gasteiger partial charge in [0.15, 0.2) is 0 Å². The standard InChI is InChI=1S/C18H21N7O3S/c1-13-20-16(10-17(21-13)25-9-8-19-12-25)22-14-4-6-15(7-5-14)23-18(26)11-24(2)29(3,27)28/h4-10,12H,11H2,1-3H3,(H,23,26)(H,20,21,22). The Hall–Kier alpha value is -3.31. The van der Waals surface area contributed by atoms with Crippen molar-refractivity contribution >= 4 is 33.1 Å². The van der Waals surface area contributed by atoms with Crippen LogP contribution < -0.4 is 10.6 Å². The van der Waals surface area contributed by atoms with Crippen LogP contribution in [0.25, 0.3) is 5.82 Å². The highest BCUT2D eigenvalue weighted by molar-refractivity contribution is 7.88. The molecule has 1 amide bonds. The Balaban J connectivity index is 1.66. The van der Waals surface area contributed by atoms with Gasteiger partial charge in [0, 0.05) is 36.9 Å². The fraction of sp³-hybridized carbons (Fsp3) is 0.222. The fourth-order valence-corrected chi connectivity index (χ4v) is 2.80. The summed E-state index contributed by atoms with van der Waals surface area (Å²) >= 11 is 0. The summed E-state index contributed by atoms with van der Waals surface area (Å²) in [6.07, 6.45) is 6.17. The van der Waals surface area contributed by atoms with Crippen LogP contribution in [0, 0.1) is 6.92 Å². The summed E-state index contributed by atoms with van der Waals surface area (Å²) in [5.74, 6) is 1.50. The summed E-state index contributed by atoms with van der Waals surface area (Å²) in [6.45, 7) is 1.55. The highest BCUT2D eigenvalue weighted by atomic mass is 32.2. The number of sulfonamides is 1. The summed E-state index contributed by atoms with van der Waals surface area (Å²) in [6, 6.07) is 8.79. The monoisotopic (exact) mass is 415 g/mol. The summed E-state index contributed by atoms with van der Waals surface area (Å²) in [5.41, 5.74) is 1.33. The van der Waals surface area contributed by atoms with Crippen LogP contribution in [0.2, 0.25) is 0 Å². The lowest BCUT2D eigenvalue weighted by atomic mass is 10.2. The van der Waals surface area contributed by atoms with Crippen molar-refractivity contribution in [3.05, 3.63) is 54.9 Å². The number of nitrogens with one attached hydrogen (secondary N) is 2. The molecular formula is C18H21N7O3S. The predicted molar refractivity (Wildman–Crippen MR) is 110 cm³/mol. The first-order valence-corrected chi connectivity index (χ1v) is 10.5. The molecule has 0 saturated heterocycles. The number of anilines is 3.